The van der Waals surface area contributed by atoms with Gasteiger partial charge in [-0.3, -0.25) is 9.59 Å². The van der Waals surface area contributed by atoms with Crippen molar-refractivity contribution in [2.24, 2.45) is 11.5 Å². The number of benzene rings is 2. The lowest BCUT2D eigenvalue weighted by Crippen LogP contribution is -2.19. The molecule has 0 fully saturated rings. The van der Waals surface area contributed by atoms with E-state index in [9.17, 15) is 9.59 Å². The Bertz CT molecular complexity index is 856. The van der Waals surface area contributed by atoms with E-state index in [0.717, 1.165) is 0 Å². The van der Waals surface area contributed by atoms with Crippen LogP contribution in [-0.4, -0.2) is 32.0 Å². The Morgan fingerprint density at radius 1 is 0.870 bits per heavy atom. The van der Waals surface area contributed by atoms with Crippen LogP contribution in [0.1, 0.15) is 20.7 Å². The van der Waals surface area contributed by atoms with Gasteiger partial charge in [-0.1, -0.05) is 24.3 Å². The molecule has 0 unspecified atom stereocenters. The maximum atomic E-state index is 11.7. The maximum absolute atomic E-state index is 11.7. The molecule has 23 heavy (non-hydrogen) atoms. The summed E-state index contributed by atoms with van der Waals surface area (Å²) in [4.78, 5) is 23.5. The first-order chi connectivity index (χ1) is 11.1. The molecule has 0 aliphatic heterocycles. The molecule has 8 heteroatoms. The Labute approximate surface area is 130 Å². The van der Waals surface area contributed by atoms with Crippen LogP contribution in [0, 0.1) is 0 Å². The summed E-state index contributed by atoms with van der Waals surface area (Å²) in [5.41, 5.74) is 11.9. The zero-order chi connectivity index (χ0) is 16.4. The summed E-state index contributed by atoms with van der Waals surface area (Å²) in [5, 5.41) is 11.5. The minimum absolute atomic E-state index is 0.119. The Morgan fingerprint density at radius 3 is 2.04 bits per heavy atom. The molecule has 1 heterocycles. The van der Waals surface area contributed by atoms with Gasteiger partial charge in [-0.05, 0) is 34.7 Å². The lowest BCUT2D eigenvalue weighted by Gasteiger charge is -2.11. The quantitative estimate of drug-likeness (QED) is 0.726. The minimum atomic E-state index is -0.703. The zero-order valence-electron chi connectivity index (χ0n) is 11.9. The fourth-order valence-corrected chi connectivity index (χ4v) is 2.29. The third-order valence-electron chi connectivity index (χ3n) is 3.29. The zero-order valence-corrected chi connectivity index (χ0v) is 11.9. The van der Waals surface area contributed by atoms with Gasteiger partial charge in [0.25, 0.3) is 0 Å². The van der Waals surface area contributed by atoms with Gasteiger partial charge in [-0.15, -0.1) is 5.10 Å². The predicted octanol–water partition coefficient (Wildman–Crippen LogP) is 0.527. The molecule has 2 amide bonds. The average molecular weight is 308 g/mol. The van der Waals surface area contributed by atoms with Crippen LogP contribution >= 0.6 is 0 Å². The molecule has 0 atom stereocenters. The first-order valence-corrected chi connectivity index (χ1v) is 6.66. The van der Waals surface area contributed by atoms with Crippen molar-refractivity contribution in [2.45, 2.75) is 0 Å². The van der Waals surface area contributed by atoms with Gasteiger partial charge in [-0.25, -0.2) is 0 Å². The normalized spacial score (nSPS) is 10.4. The maximum Gasteiger partial charge on any atom is 0.249 e. The van der Waals surface area contributed by atoms with E-state index in [0.29, 0.717) is 5.69 Å². The lowest BCUT2D eigenvalue weighted by atomic mass is 9.99. The third-order valence-corrected chi connectivity index (χ3v) is 3.29. The smallest absolute Gasteiger partial charge is 0.249 e. The van der Waals surface area contributed by atoms with Crippen molar-refractivity contribution in [2.75, 3.05) is 0 Å². The van der Waals surface area contributed by atoms with Crippen LogP contribution in [0.15, 0.2) is 48.5 Å². The van der Waals surface area contributed by atoms with Crippen LogP contribution in [-0.2, 0) is 0 Å². The molecular formula is C15H12N6O2. The second-order valence-electron chi connectivity index (χ2n) is 4.71. The van der Waals surface area contributed by atoms with Crippen molar-refractivity contribution in [3.8, 4) is 17.1 Å². The van der Waals surface area contributed by atoms with Crippen molar-refractivity contribution < 1.29 is 9.59 Å². The van der Waals surface area contributed by atoms with E-state index in [1.54, 1.807) is 12.1 Å². The van der Waals surface area contributed by atoms with Gasteiger partial charge in [0.1, 0.15) is 0 Å². The van der Waals surface area contributed by atoms with Gasteiger partial charge in [-0.2, -0.15) is 4.68 Å². The first-order valence-electron chi connectivity index (χ1n) is 6.66. The Kier molecular flexibility index (Phi) is 3.55. The lowest BCUT2D eigenvalue weighted by molar-refractivity contribution is 0.0999. The van der Waals surface area contributed by atoms with Crippen LogP contribution in [0.2, 0.25) is 0 Å². The van der Waals surface area contributed by atoms with Crippen molar-refractivity contribution in [1.82, 2.24) is 20.2 Å². The number of hydrogen-bond donors (Lipinski definition) is 2. The van der Waals surface area contributed by atoms with E-state index in [1.807, 2.05) is 18.2 Å². The number of primary amides is 2. The van der Waals surface area contributed by atoms with Crippen molar-refractivity contribution >= 4 is 11.8 Å². The molecule has 2 aromatic carbocycles. The number of para-hydroxylation sites is 1. The number of rotatable bonds is 4. The van der Waals surface area contributed by atoms with Crippen molar-refractivity contribution in [3.05, 3.63) is 59.7 Å². The molecule has 0 spiro atoms. The summed E-state index contributed by atoms with van der Waals surface area (Å²) >= 11 is 0. The standard InChI is InChI=1S/C15H12N6O2/c16-13(22)10-7-4-8-11(14(17)23)12(10)15-18-19-20-21(15)9-5-2-1-3-6-9/h1-8H,(H2,16,22)(H2,17,23). The summed E-state index contributed by atoms with van der Waals surface area (Å²) in [6.45, 7) is 0. The molecule has 0 bridgehead atoms. The van der Waals surface area contributed by atoms with Crippen molar-refractivity contribution in [1.29, 1.82) is 0 Å². The van der Waals surface area contributed by atoms with E-state index < -0.39 is 11.8 Å². The topological polar surface area (TPSA) is 130 Å². The number of hydrogen-bond acceptors (Lipinski definition) is 5. The molecule has 0 radical (unpaired) electrons. The van der Waals surface area contributed by atoms with Crippen molar-refractivity contribution in [3.63, 3.8) is 0 Å². The van der Waals surface area contributed by atoms with Crippen LogP contribution < -0.4 is 11.5 Å². The molecule has 114 valence electrons. The molecule has 0 saturated heterocycles. The first kappa shape index (κ1) is 14.4. The summed E-state index contributed by atoms with van der Waals surface area (Å²) < 4.78 is 1.41. The van der Waals surface area contributed by atoms with Gasteiger partial charge in [0.15, 0.2) is 5.82 Å². The third kappa shape index (κ3) is 2.53. The molecule has 1 aromatic heterocycles. The highest BCUT2D eigenvalue weighted by atomic mass is 16.1. The fraction of sp³-hybridized carbons (Fsp3) is 0. The van der Waals surface area contributed by atoms with Gasteiger partial charge in [0, 0.05) is 5.56 Å². The Hall–Kier alpha value is -3.55. The Balaban J connectivity index is 2.30. The highest BCUT2D eigenvalue weighted by Gasteiger charge is 2.23. The highest BCUT2D eigenvalue weighted by molar-refractivity contribution is 6.07. The van der Waals surface area contributed by atoms with Crippen LogP contribution in [0.25, 0.3) is 17.1 Å². The second kappa shape index (κ2) is 5.68. The summed E-state index contributed by atoms with van der Waals surface area (Å²) in [7, 11) is 0. The highest BCUT2D eigenvalue weighted by Crippen LogP contribution is 2.27. The fourth-order valence-electron chi connectivity index (χ4n) is 2.29. The second-order valence-corrected chi connectivity index (χ2v) is 4.71. The van der Waals surface area contributed by atoms with E-state index in [1.165, 1.54) is 22.9 Å². The average Bonchev–Trinajstić information content (AvgIpc) is 3.04. The van der Waals surface area contributed by atoms with Gasteiger partial charge >= 0.3 is 0 Å². The monoisotopic (exact) mass is 308 g/mol. The van der Waals surface area contributed by atoms with Gasteiger partial charge in [0.2, 0.25) is 11.8 Å². The SMILES string of the molecule is NC(=O)c1cccc(C(N)=O)c1-c1nnnn1-c1ccccc1. The summed E-state index contributed by atoms with van der Waals surface area (Å²) in [6, 6.07) is 13.6. The number of carbonyl (C=O) groups is 2. The summed E-state index contributed by atoms with van der Waals surface area (Å²) in [6.07, 6.45) is 0. The molecule has 0 aliphatic carbocycles. The molecule has 0 saturated carbocycles. The van der Waals surface area contributed by atoms with Crippen LogP contribution in [0.4, 0.5) is 0 Å². The van der Waals surface area contributed by atoms with Crippen LogP contribution in [0.3, 0.4) is 0 Å². The molecule has 3 rings (SSSR count). The summed E-state index contributed by atoms with van der Waals surface area (Å²) in [5.74, 6) is -1.20. The van der Waals surface area contributed by atoms with Gasteiger partial charge < -0.3 is 11.5 Å². The van der Waals surface area contributed by atoms with Crippen LogP contribution in [0.5, 0.6) is 0 Å². The molecule has 3 aromatic rings. The molecular weight excluding hydrogens is 296 g/mol. The predicted molar refractivity (Wildman–Crippen MR) is 81.6 cm³/mol. The van der Waals surface area contributed by atoms with E-state index >= 15 is 0 Å². The molecule has 8 nitrogen and oxygen atoms in total. The number of aromatic nitrogens is 4. The Morgan fingerprint density at radius 2 is 1.48 bits per heavy atom. The number of carbonyl (C=O) groups excluding carboxylic acids is 2. The molecule has 4 N–H and O–H groups in total. The largest absolute Gasteiger partial charge is 0.366 e. The number of nitrogens with zero attached hydrogens (tertiary/aromatic N) is 4. The van der Waals surface area contributed by atoms with E-state index in [2.05, 4.69) is 15.5 Å². The van der Waals surface area contributed by atoms with Gasteiger partial charge in [0.05, 0.1) is 16.8 Å². The number of nitrogens with two attached hydrogens (primary N) is 2. The van der Waals surface area contributed by atoms with E-state index in [-0.39, 0.29) is 22.5 Å². The van der Waals surface area contributed by atoms with E-state index in [4.69, 9.17) is 11.5 Å². The minimum Gasteiger partial charge on any atom is -0.366 e. The number of amides is 2. The number of tetrazole rings is 1. The molecule has 0 aliphatic rings.